The van der Waals surface area contributed by atoms with Gasteiger partial charge < -0.3 is 19.7 Å². The lowest BCUT2D eigenvalue weighted by Crippen LogP contribution is -2.51. The fourth-order valence-electron chi connectivity index (χ4n) is 4.35. The maximum absolute atomic E-state index is 14.1. The van der Waals surface area contributed by atoms with Crippen molar-refractivity contribution in [1.29, 1.82) is 0 Å². The second-order valence-electron chi connectivity index (χ2n) is 10.6. The van der Waals surface area contributed by atoms with Gasteiger partial charge in [-0.05, 0) is 67.8 Å². The van der Waals surface area contributed by atoms with E-state index >= 15 is 0 Å². The molecule has 0 bridgehead atoms. The molecule has 12 nitrogen and oxygen atoms in total. The molecule has 0 aliphatic rings. The average molecular weight is 627 g/mol. The number of carbonyl (C=O) groups is 2. The van der Waals surface area contributed by atoms with Crippen LogP contribution in [-0.2, 0) is 26.2 Å². The van der Waals surface area contributed by atoms with E-state index in [-0.39, 0.29) is 34.3 Å². The van der Waals surface area contributed by atoms with E-state index in [9.17, 15) is 28.1 Å². The van der Waals surface area contributed by atoms with Gasteiger partial charge in [0.05, 0.1) is 29.7 Å². The van der Waals surface area contributed by atoms with Gasteiger partial charge in [-0.15, -0.1) is 0 Å². The summed E-state index contributed by atoms with van der Waals surface area (Å²) in [4.78, 5) is 39.1. The number of hydrogen-bond donors (Lipinski definition) is 1. The van der Waals surface area contributed by atoms with Gasteiger partial charge in [-0.1, -0.05) is 32.0 Å². The number of nitrogens with one attached hydrogen (secondary N) is 1. The van der Waals surface area contributed by atoms with Gasteiger partial charge in [0.1, 0.15) is 24.1 Å². The summed E-state index contributed by atoms with van der Waals surface area (Å²) >= 11 is 0. The Bertz CT molecular complexity index is 1590. The van der Waals surface area contributed by atoms with Gasteiger partial charge in [0.25, 0.3) is 15.7 Å². The summed E-state index contributed by atoms with van der Waals surface area (Å²) in [6.07, 6.45) is 0. The van der Waals surface area contributed by atoms with Crippen LogP contribution < -0.4 is 19.1 Å². The Balaban J connectivity index is 2.09. The van der Waals surface area contributed by atoms with Gasteiger partial charge in [0.15, 0.2) is 0 Å². The molecule has 2 amide bonds. The fraction of sp³-hybridized carbons (Fsp3) is 0.355. The van der Waals surface area contributed by atoms with Crippen LogP contribution in [0.2, 0.25) is 0 Å². The Morgan fingerprint density at radius 1 is 0.955 bits per heavy atom. The summed E-state index contributed by atoms with van der Waals surface area (Å²) < 4.78 is 39.5. The van der Waals surface area contributed by atoms with Crippen molar-refractivity contribution in [3.05, 3.63) is 88.0 Å². The lowest BCUT2D eigenvalue weighted by Gasteiger charge is -2.32. The number of rotatable bonds is 14. The SMILES string of the molecule is COc1ccc(N(CC(=O)N(Cc2cccc(OC)c2)C(C)C(=O)NCC(C)C)S(=O)(=O)c2ccc(C)c([N+](=O)[O-])c2)cc1. The van der Waals surface area contributed by atoms with Crippen molar-refractivity contribution >= 4 is 33.2 Å². The maximum atomic E-state index is 14.1. The second kappa shape index (κ2) is 14.7. The molecule has 1 unspecified atom stereocenters. The first-order chi connectivity index (χ1) is 20.8. The summed E-state index contributed by atoms with van der Waals surface area (Å²) in [7, 11) is -1.54. The number of carbonyl (C=O) groups excluding carboxylic acids is 2. The fourth-order valence-corrected chi connectivity index (χ4v) is 5.79. The predicted octanol–water partition coefficient (Wildman–Crippen LogP) is 4.31. The first-order valence-corrected chi connectivity index (χ1v) is 15.3. The van der Waals surface area contributed by atoms with Crippen LogP contribution in [0.3, 0.4) is 0 Å². The van der Waals surface area contributed by atoms with Gasteiger partial charge in [-0.3, -0.25) is 24.0 Å². The standard InChI is InChI=1S/C31H38N4O8S/c1-21(2)18-32-31(37)23(4)33(19-24-8-7-9-27(16-24)43-6)30(36)20-34(25-11-13-26(42-5)14-12-25)44(40,41)28-15-10-22(3)29(17-28)35(38)39/h7-17,21,23H,18-20H2,1-6H3,(H,32,37). The van der Waals surface area contributed by atoms with Crippen molar-refractivity contribution in [2.45, 2.75) is 45.2 Å². The first kappa shape index (κ1) is 33.8. The third kappa shape index (κ3) is 8.25. The molecule has 0 radical (unpaired) electrons. The Morgan fingerprint density at radius 2 is 1.61 bits per heavy atom. The highest BCUT2D eigenvalue weighted by Crippen LogP contribution is 2.29. The largest absolute Gasteiger partial charge is 0.497 e. The van der Waals surface area contributed by atoms with E-state index in [4.69, 9.17) is 9.47 Å². The third-order valence-electron chi connectivity index (χ3n) is 6.94. The van der Waals surface area contributed by atoms with E-state index in [0.29, 0.717) is 23.6 Å². The number of methoxy groups -OCH3 is 2. The molecule has 3 aromatic rings. The molecule has 0 aliphatic heterocycles. The molecular weight excluding hydrogens is 588 g/mol. The number of nitro benzene ring substituents is 1. The number of amides is 2. The Morgan fingerprint density at radius 3 is 2.20 bits per heavy atom. The van der Waals surface area contributed by atoms with Gasteiger partial charge in [0, 0.05) is 24.7 Å². The number of ether oxygens (including phenoxy) is 2. The number of aryl methyl sites for hydroxylation is 1. The molecule has 1 N–H and O–H groups in total. The van der Waals surface area contributed by atoms with Gasteiger partial charge >= 0.3 is 0 Å². The minimum Gasteiger partial charge on any atom is -0.497 e. The molecule has 3 rings (SSSR count). The normalized spacial score (nSPS) is 11.9. The van der Waals surface area contributed by atoms with Crippen molar-refractivity contribution in [2.24, 2.45) is 5.92 Å². The van der Waals surface area contributed by atoms with Crippen LogP contribution in [0, 0.1) is 23.0 Å². The maximum Gasteiger partial charge on any atom is 0.273 e. The van der Waals surface area contributed by atoms with E-state index in [2.05, 4.69) is 5.32 Å². The quantitative estimate of drug-likeness (QED) is 0.206. The Labute approximate surface area is 257 Å². The highest BCUT2D eigenvalue weighted by molar-refractivity contribution is 7.92. The van der Waals surface area contributed by atoms with E-state index < -0.39 is 39.3 Å². The van der Waals surface area contributed by atoms with Crippen molar-refractivity contribution in [1.82, 2.24) is 10.2 Å². The van der Waals surface area contributed by atoms with Crippen LogP contribution in [0.5, 0.6) is 11.5 Å². The number of hydrogen-bond acceptors (Lipinski definition) is 8. The zero-order valence-electron chi connectivity index (χ0n) is 25.6. The lowest BCUT2D eigenvalue weighted by molar-refractivity contribution is -0.385. The van der Waals surface area contributed by atoms with Gasteiger partial charge in [0.2, 0.25) is 11.8 Å². The number of nitro groups is 1. The molecule has 0 fully saturated rings. The van der Waals surface area contributed by atoms with Crippen molar-refractivity contribution in [2.75, 3.05) is 31.6 Å². The molecule has 0 saturated carbocycles. The van der Waals surface area contributed by atoms with Crippen LogP contribution >= 0.6 is 0 Å². The molecule has 13 heteroatoms. The van der Waals surface area contributed by atoms with Gasteiger partial charge in [-0.2, -0.15) is 0 Å². The van der Waals surface area contributed by atoms with Crippen LogP contribution in [0.1, 0.15) is 31.9 Å². The number of anilines is 1. The van der Waals surface area contributed by atoms with Crippen molar-refractivity contribution in [3.8, 4) is 11.5 Å². The molecule has 44 heavy (non-hydrogen) atoms. The summed E-state index contributed by atoms with van der Waals surface area (Å²) in [5.74, 6) is 0.112. The van der Waals surface area contributed by atoms with Crippen LogP contribution in [-0.4, -0.2) is 63.4 Å². The molecule has 0 aliphatic carbocycles. The predicted molar refractivity (Wildman–Crippen MR) is 166 cm³/mol. The minimum atomic E-state index is -4.51. The minimum absolute atomic E-state index is 0.0151. The van der Waals surface area contributed by atoms with E-state index in [1.54, 1.807) is 31.2 Å². The van der Waals surface area contributed by atoms with Crippen LogP contribution in [0.25, 0.3) is 0 Å². The monoisotopic (exact) mass is 626 g/mol. The molecule has 3 aromatic carbocycles. The van der Waals surface area contributed by atoms with Crippen LogP contribution in [0.15, 0.2) is 71.6 Å². The number of benzene rings is 3. The molecule has 1 atom stereocenters. The smallest absolute Gasteiger partial charge is 0.273 e. The van der Waals surface area contributed by atoms with Crippen LogP contribution in [0.4, 0.5) is 11.4 Å². The first-order valence-electron chi connectivity index (χ1n) is 13.9. The zero-order chi connectivity index (χ0) is 32.6. The Hall–Kier alpha value is -4.65. The van der Waals surface area contributed by atoms with E-state index in [1.807, 2.05) is 13.8 Å². The highest BCUT2D eigenvalue weighted by Gasteiger charge is 2.33. The molecule has 0 heterocycles. The van der Waals surface area contributed by atoms with E-state index in [1.165, 1.54) is 62.4 Å². The van der Waals surface area contributed by atoms with Crippen molar-refractivity contribution in [3.63, 3.8) is 0 Å². The molecular formula is C31H38N4O8S. The summed E-state index contributed by atoms with van der Waals surface area (Å²) in [5.41, 5.74) is 0.698. The second-order valence-corrected chi connectivity index (χ2v) is 12.5. The molecule has 0 aromatic heterocycles. The summed E-state index contributed by atoms with van der Waals surface area (Å²) in [5, 5.41) is 14.4. The topological polar surface area (TPSA) is 148 Å². The average Bonchev–Trinajstić information content (AvgIpc) is 3.00. The van der Waals surface area contributed by atoms with E-state index in [0.717, 1.165) is 10.4 Å². The Kier molecular flexibility index (Phi) is 11.3. The number of nitrogens with zero attached hydrogens (tertiary/aromatic N) is 3. The third-order valence-corrected chi connectivity index (χ3v) is 8.71. The van der Waals surface area contributed by atoms with Gasteiger partial charge in [-0.25, -0.2) is 8.42 Å². The lowest BCUT2D eigenvalue weighted by atomic mass is 10.1. The highest BCUT2D eigenvalue weighted by atomic mass is 32.2. The molecule has 0 spiro atoms. The molecule has 236 valence electrons. The molecule has 0 saturated heterocycles. The summed E-state index contributed by atoms with van der Waals surface area (Å²) in [6, 6.07) is 15.6. The van der Waals surface area contributed by atoms with Crippen molar-refractivity contribution < 1.29 is 32.4 Å². The number of sulfonamides is 1. The summed E-state index contributed by atoms with van der Waals surface area (Å²) in [6.45, 7) is 6.64. The zero-order valence-corrected chi connectivity index (χ0v) is 26.5.